The van der Waals surface area contributed by atoms with Crippen LogP contribution in [-0.2, 0) is 13.6 Å². The Hall–Kier alpha value is -2.99. The van der Waals surface area contributed by atoms with Crippen LogP contribution in [0.15, 0.2) is 71.7 Å². The van der Waals surface area contributed by atoms with Gasteiger partial charge in [-0.1, -0.05) is 96.1 Å². The zero-order valence-corrected chi connectivity index (χ0v) is 31.3. The van der Waals surface area contributed by atoms with Gasteiger partial charge in [0.05, 0.1) is 24.8 Å². The van der Waals surface area contributed by atoms with Crippen LogP contribution in [-0.4, -0.2) is 58.0 Å². The van der Waals surface area contributed by atoms with Crippen molar-refractivity contribution in [3.05, 3.63) is 93.9 Å². The van der Waals surface area contributed by atoms with Gasteiger partial charge in [0, 0.05) is 18.2 Å². The molecular weight excluding hydrogens is 609 g/mol. The molecular formula is C37H52N2O5Si2. The summed E-state index contributed by atoms with van der Waals surface area (Å²) in [6.45, 7) is 23.0. The first-order valence-electron chi connectivity index (χ1n) is 16.5. The molecule has 1 N–H and O–H groups in total. The Morgan fingerprint density at radius 2 is 1.39 bits per heavy atom. The summed E-state index contributed by atoms with van der Waals surface area (Å²) in [4.78, 5) is 31.2. The number of amides is 1. The summed E-state index contributed by atoms with van der Waals surface area (Å²) < 4.78 is 20.2. The zero-order valence-electron chi connectivity index (χ0n) is 29.3. The minimum Gasteiger partial charge on any atom is -0.448 e. The number of nitrogens with one attached hydrogen (secondary N) is 1. The van der Waals surface area contributed by atoms with Gasteiger partial charge in [-0.15, -0.1) is 0 Å². The maximum Gasteiger partial charge on any atom is 0.410 e. The van der Waals surface area contributed by atoms with Crippen LogP contribution in [0.3, 0.4) is 0 Å². The second-order valence-corrected chi connectivity index (χ2v) is 25.6. The van der Waals surface area contributed by atoms with Gasteiger partial charge in [0.1, 0.15) is 6.61 Å². The molecule has 2 aliphatic rings. The van der Waals surface area contributed by atoms with Crippen molar-refractivity contribution in [3.63, 3.8) is 0 Å². The predicted molar refractivity (Wildman–Crippen MR) is 190 cm³/mol. The van der Waals surface area contributed by atoms with E-state index in [4.69, 9.17) is 13.6 Å². The van der Waals surface area contributed by atoms with Crippen molar-refractivity contribution in [1.29, 1.82) is 0 Å². The van der Waals surface area contributed by atoms with Gasteiger partial charge in [0.15, 0.2) is 16.6 Å². The van der Waals surface area contributed by atoms with Crippen LogP contribution in [0.5, 0.6) is 0 Å². The van der Waals surface area contributed by atoms with Crippen molar-refractivity contribution in [2.45, 2.75) is 108 Å². The summed E-state index contributed by atoms with van der Waals surface area (Å²) in [5, 5.41) is -0.00317. The molecule has 0 bridgehead atoms. The van der Waals surface area contributed by atoms with Crippen LogP contribution in [0.1, 0.15) is 76.6 Å². The van der Waals surface area contributed by atoms with Gasteiger partial charge in [0.25, 0.3) is 0 Å². The highest BCUT2D eigenvalue weighted by Crippen LogP contribution is 2.47. The molecule has 46 heavy (non-hydrogen) atoms. The summed E-state index contributed by atoms with van der Waals surface area (Å²) in [7, 11) is -4.39. The third-order valence-electron chi connectivity index (χ3n) is 11.0. The Kier molecular flexibility index (Phi) is 9.38. The molecule has 7 nitrogen and oxygen atoms in total. The van der Waals surface area contributed by atoms with E-state index in [1.165, 1.54) is 28.3 Å². The third-order valence-corrected chi connectivity index (χ3v) is 20.0. The highest BCUT2D eigenvalue weighted by Gasteiger charge is 2.51. The van der Waals surface area contributed by atoms with E-state index in [0.29, 0.717) is 13.0 Å². The standard InChI is InChI=1S/C37H52N2O5Si2/c1-36(2,3)45(7,8)43-24-32-33(44-46(9,10)37(4,5)6)21-31(25-19-20-34(40)38-22-25)39(32)35(41)42-23-30-28-17-13-11-15-26(28)27-16-12-14-18-29(27)30/h11-20,22,30-33H,21,23-24H2,1-10H3,(H,38,40)/t31-,32-,33+/m1/s1. The highest BCUT2D eigenvalue weighted by atomic mass is 28.4. The predicted octanol–water partition coefficient (Wildman–Crippen LogP) is 8.85. The topological polar surface area (TPSA) is 80.9 Å². The Morgan fingerprint density at radius 3 is 1.91 bits per heavy atom. The number of ether oxygens (including phenoxy) is 1. The normalized spacial score (nSPS) is 20.5. The van der Waals surface area contributed by atoms with Crippen molar-refractivity contribution in [3.8, 4) is 11.1 Å². The molecule has 1 fully saturated rings. The van der Waals surface area contributed by atoms with Crippen molar-refractivity contribution >= 4 is 22.7 Å². The average molecular weight is 661 g/mol. The minimum absolute atomic E-state index is 0.00824. The number of hydrogen-bond donors (Lipinski definition) is 1. The molecule has 248 valence electrons. The molecule has 1 aliphatic heterocycles. The summed E-state index contributed by atoms with van der Waals surface area (Å²) >= 11 is 0. The number of nitrogens with zero attached hydrogens (tertiary/aromatic N) is 1. The van der Waals surface area contributed by atoms with E-state index in [9.17, 15) is 9.59 Å². The molecule has 1 aliphatic carbocycles. The van der Waals surface area contributed by atoms with Gasteiger partial charge < -0.3 is 18.6 Å². The van der Waals surface area contributed by atoms with Crippen LogP contribution in [0.4, 0.5) is 4.79 Å². The van der Waals surface area contributed by atoms with E-state index in [1.807, 2.05) is 23.1 Å². The fraction of sp³-hybridized carbons (Fsp3) is 0.514. The maximum atomic E-state index is 14.5. The molecule has 1 amide bonds. The fourth-order valence-electron chi connectivity index (χ4n) is 6.14. The molecule has 0 spiro atoms. The Morgan fingerprint density at radius 1 is 0.826 bits per heavy atom. The van der Waals surface area contributed by atoms with Gasteiger partial charge in [-0.3, -0.25) is 9.69 Å². The number of likely N-dealkylation sites (tertiary alicyclic amines) is 1. The Labute approximate surface area is 276 Å². The number of benzene rings is 2. The second kappa shape index (κ2) is 12.6. The largest absolute Gasteiger partial charge is 0.448 e. The SMILES string of the molecule is CC(C)(C)[Si](C)(C)OC[C@@H]1[C@@H](O[Si](C)(C)C(C)(C)C)C[C@H](c2ccc(=O)[nH]c2)N1C(=O)OCC1c2ccccc2-c2ccccc21. The third kappa shape index (κ3) is 6.70. The number of carbonyl (C=O) groups excluding carboxylic acids is 1. The highest BCUT2D eigenvalue weighted by molar-refractivity contribution is 6.74. The first-order valence-corrected chi connectivity index (χ1v) is 22.4. The number of fused-ring (bicyclic) bond motifs is 3. The smallest absolute Gasteiger partial charge is 0.410 e. The fourth-order valence-corrected chi connectivity index (χ4v) is 8.52. The molecule has 3 aromatic rings. The number of H-pyrrole nitrogens is 1. The van der Waals surface area contributed by atoms with Crippen LogP contribution in [0.25, 0.3) is 11.1 Å². The van der Waals surface area contributed by atoms with E-state index in [1.54, 1.807) is 6.20 Å². The maximum absolute atomic E-state index is 14.5. The number of aromatic amines is 1. The molecule has 3 atom stereocenters. The van der Waals surface area contributed by atoms with E-state index in [2.05, 4.69) is 109 Å². The van der Waals surface area contributed by atoms with E-state index >= 15 is 0 Å². The number of pyridine rings is 1. The van der Waals surface area contributed by atoms with Crippen molar-refractivity contribution in [2.24, 2.45) is 0 Å². The molecule has 0 radical (unpaired) electrons. The molecule has 0 unspecified atom stereocenters. The summed E-state index contributed by atoms with van der Waals surface area (Å²) in [5.74, 6) is -0.0494. The minimum atomic E-state index is -2.23. The number of aromatic nitrogens is 1. The lowest BCUT2D eigenvalue weighted by Gasteiger charge is -2.42. The summed E-state index contributed by atoms with van der Waals surface area (Å²) in [5.41, 5.74) is 5.40. The molecule has 5 rings (SSSR count). The lowest BCUT2D eigenvalue weighted by atomic mass is 9.98. The van der Waals surface area contributed by atoms with E-state index in [0.717, 1.165) is 5.56 Å². The zero-order chi connectivity index (χ0) is 33.7. The van der Waals surface area contributed by atoms with Gasteiger partial charge in [-0.25, -0.2) is 4.79 Å². The van der Waals surface area contributed by atoms with Crippen molar-refractivity contribution in [1.82, 2.24) is 9.88 Å². The molecule has 1 aromatic heterocycles. The summed E-state index contributed by atoms with van der Waals surface area (Å²) in [6, 6.07) is 19.4. The molecule has 9 heteroatoms. The molecule has 2 heterocycles. The van der Waals surface area contributed by atoms with Crippen molar-refractivity contribution < 1.29 is 18.4 Å². The lowest BCUT2D eigenvalue weighted by Crippen LogP contribution is -2.52. The first-order chi connectivity index (χ1) is 21.4. The van der Waals surface area contributed by atoms with Crippen LogP contribution >= 0.6 is 0 Å². The van der Waals surface area contributed by atoms with Gasteiger partial charge in [0.2, 0.25) is 5.56 Å². The Bertz CT molecular complexity index is 1550. The monoisotopic (exact) mass is 660 g/mol. The second-order valence-electron chi connectivity index (χ2n) is 16.0. The van der Waals surface area contributed by atoms with Crippen LogP contribution < -0.4 is 5.56 Å². The van der Waals surface area contributed by atoms with Gasteiger partial charge >= 0.3 is 6.09 Å². The van der Waals surface area contributed by atoms with Gasteiger partial charge in [-0.05, 0) is 70.5 Å². The van der Waals surface area contributed by atoms with Crippen LogP contribution in [0, 0.1) is 0 Å². The van der Waals surface area contributed by atoms with Gasteiger partial charge in [-0.2, -0.15) is 0 Å². The molecule has 1 saturated heterocycles. The van der Waals surface area contributed by atoms with E-state index < -0.39 is 16.6 Å². The first kappa shape index (κ1) is 34.4. The number of rotatable bonds is 8. The Balaban J connectivity index is 1.50. The summed E-state index contributed by atoms with van der Waals surface area (Å²) in [6.07, 6.45) is 1.68. The molecule has 2 aromatic carbocycles. The quantitative estimate of drug-likeness (QED) is 0.244. The lowest BCUT2D eigenvalue weighted by molar-refractivity contribution is 0.0478. The van der Waals surface area contributed by atoms with E-state index in [-0.39, 0.29) is 52.4 Å². The molecule has 0 saturated carbocycles. The average Bonchev–Trinajstić information content (AvgIpc) is 3.49. The number of hydrogen-bond acceptors (Lipinski definition) is 5. The van der Waals surface area contributed by atoms with Crippen LogP contribution in [0.2, 0.25) is 36.3 Å². The van der Waals surface area contributed by atoms with Crippen molar-refractivity contribution in [2.75, 3.05) is 13.2 Å². The number of carbonyl (C=O) groups is 1.